The summed E-state index contributed by atoms with van der Waals surface area (Å²) in [6.07, 6.45) is 1.93. The van der Waals surface area contributed by atoms with Crippen LogP contribution in [0.15, 0.2) is 27.8 Å². The van der Waals surface area contributed by atoms with Gasteiger partial charge in [-0.15, -0.1) is 0 Å². The summed E-state index contributed by atoms with van der Waals surface area (Å²) in [6, 6.07) is 3.77. The average Bonchev–Trinajstić information content (AvgIpc) is 3.27. The summed E-state index contributed by atoms with van der Waals surface area (Å²) in [5, 5.41) is 13.6. The van der Waals surface area contributed by atoms with Crippen molar-refractivity contribution in [2.75, 3.05) is 26.2 Å². The topological polar surface area (TPSA) is 121 Å². The molecule has 0 saturated carbocycles. The number of ether oxygens (including phenoxy) is 1. The van der Waals surface area contributed by atoms with Crippen LogP contribution in [0.3, 0.4) is 0 Å². The second-order valence-corrected chi connectivity index (χ2v) is 7.82. The lowest BCUT2D eigenvalue weighted by Crippen LogP contribution is -2.63. The van der Waals surface area contributed by atoms with Crippen LogP contribution in [0.4, 0.5) is 4.79 Å². The van der Waals surface area contributed by atoms with Crippen LogP contribution >= 0.6 is 0 Å². The van der Waals surface area contributed by atoms with Crippen molar-refractivity contribution < 1.29 is 13.9 Å². The molecule has 2 aromatic rings. The minimum Gasteiger partial charge on any atom is -0.461 e. The fourth-order valence-electron chi connectivity index (χ4n) is 2.76. The molecule has 0 aromatic carbocycles. The number of H-pyrrole nitrogens is 1. The van der Waals surface area contributed by atoms with Gasteiger partial charge in [0.15, 0.2) is 11.7 Å². The van der Waals surface area contributed by atoms with Gasteiger partial charge >= 0.3 is 6.09 Å². The Bertz CT molecular complexity index is 817. The van der Waals surface area contributed by atoms with Gasteiger partial charge < -0.3 is 24.7 Å². The molecule has 29 heavy (non-hydrogen) atoms. The summed E-state index contributed by atoms with van der Waals surface area (Å²) in [5.74, 6) is 2.63. The number of hydrogen-bond donors (Lipinski definition) is 3. The number of amides is 1. The van der Waals surface area contributed by atoms with Crippen molar-refractivity contribution in [2.45, 2.75) is 45.8 Å². The minimum absolute atomic E-state index is 0.149. The maximum absolute atomic E-state index is 12.0. The molecular weight excluding hydrogens is 374 g/mol. The van der Waals surface area contributed by atoms with Gasteiger partial charge in [0.25, 0.3) is 0 Å². The normalized spacial score (nSPS) is 15.2. The maximum atomic E-state index is 12.0. The molecule has 1 fully saturated rings. The monoisotopic (exact) mass is 403 g/mol. The Labute approximate surface area is 170 Å². The highest BCUT2D eigenvalue weighted by Gasteiger charge is 2.34. The zero-order chi connectivity index (χ0) is 20.9. The number of nitrogens with one attached hydrogen (secondary N) is 3. The second-order valence-electron chi connectivity index (χ2n) is 7.82. The predicted molar refractivity (Wildman–Crippen MR) is 108 cm³/mol. The second kappa shape index (κ2) is 8.97. The van der Waals surface area contributed by atoms with Gasteiger partial charge in [-0.1, -0.05) is 0 Å². The van der Waals surface area contributed by atoms with Crippen molar-refractivity contribution in [3.63, 3.8) is 0 Å². The quantitative estimate of drug-likeness (QED) is 0.497. The number of furan rings is 1. The van der Waals surface area contributed by atoms with Gasteiger partial charge in [0.2, 0.25) is 5.82 Å². The first-order chi connectivity index (χ1) is 13.8. The molecule has 0 radical (unpaired) electrons. The third-order valence-corrected chi connectivity index (χ3v) is 4.11. The summed E-state index contributed by atoms with van der Waals surface area (Å²) in [6.45, 7) is 10.1. The van der Waals surface area contributed by atoms with Gasteiger partial charge in [-0.25, -0.2) is 9.78 Å². The summed E-state index contributed by atoms with van der Waals surface area (Å²) in [7, 11) is 0. The van der Waals surface area contributed by atoms with Crippen molar-refractivity contribution in [3.8, 4) is 11.6 Å². The Hall–Kier alpha value is -3.04. The van der Waals surface area contributed by atoms with Crippen LogP contribution in [0.1, 0.15) is 33.5 Å². The standard InChI is InChI=1S/C19H29N7O3/c1-5-20-17(22-13-11-26(12-13)18(27)29-19(2,3)4)21-9-8-15-23-16(25-24-15)14-7-6-10-28-14/h6-7,10,13H,5,8-9,11-12H2,1-4H3,(H2,20,21,22)(H,23,24,25). The smallest absolute Gasteiger partial charge is 0.410 e. The number of carbonyl (C=O) groups is 1. The molecule has 0 unspecified atom stereocenters. The molecule has 3 heterocycles. The summed E-state index contributed by atoms with van der Waals surface area (Å²) in [4.78, 5) is 22.7. The van der Waals surface area contributed by atoms with Crippen LogP contribution in [0, 0.1) is 0 Å². The molecule has 1 aliphatic heterocycles. The molecule has 3 rings (SSSR count). The molecule has 10 heteroatoms. The SMILES string of the molecule is CCNC(=NCCc1nc(-c2ccco2)n[nH]1)NC1CN(C(=O)OC(C)(C)C)C1. The molecule has 1 aliphatic rings. The van der Waals surface area contributed by atoms with E-state index in [1.54, 1.807) is 17.2 Å². The van der Waals surface area contributed by atoms with Crippen LogP contribution in [0.25, 0.3) is 11.6 Å². The lowest BCUT2D eigenvalue weighted by atomic mass is 10.1. The lowest BCUT2D eigenvalue weighted by molar-refractivity contribution is 0.00700. The Balaban J connectivity index is 1.45. The largest absolute Gasteiger partial charge is 0.461 e. The number of likely N-dealkylation sites (tertiary alicyclic amines) is 1. The third kappa shape index (κ3) is 5.97. The van der Waals surface area contributed by atoms with Gasteiger partial charge in [-0.05, 0) is 39.8 Å². The van der Waals surface area contributed by atoms with E-state index < -0.39 is 5.60 Å². The van der Waals surface area contributed by atoms with E-state index in [1.165, 1.54) is 0 Å². The Morgan fingerprint density at radius 2 is 2.24 bits per heavy atom. The van der Waals surface area contributed by atoms with Crippen LogP contribution in [0.2, 0.25) is 0 Å². The van der Waals surface area contributed by atoms with E-state index >= 15 is 0 Å². The Kier molecular flexibility index (Phi) is 6.40. The van der Waals surface area contributed by atoms with Crippen LogP contribution in [-0.4, -0.2) is 70.0 Å². The summed E-state index contributed by atoms with van der Waals surface area (Å²) in [5.41, 5.74) is -0.483. The lowest BCUT2D eigenvalue weighted by Gasteiger charge is -2.40. The van der Waals surface area contributed by atoms with Crippen molar-refractivity contribution >= 4 is 12.1 Å². The molecular formula is C19H29N7O3. The molecule has 2 aromatic heterocycles. The van der Waals surface area contributed by atoms with Gasteiger partial charge in [0.05, 0.1) is 12.3 Å². The predicted octanol–water partition coefficient (Wildman–Crippen LogP) is 1.78. The molecule has 158 valence electrons. The first kappa shape index (κ1) is 20.7. The van der Waals surface area contributed by atoms with Crippen molar-refractivity contribution in [1.82, 2.24) is 30.7 Å². The van der Waals surface area contributed by atoms with E-state index in [1.807, 2.05) is 33.8 Å². The van der Waals surface area contributed by atoms with Crippen molar-refractivity contribution in [1.29, 1.82) is 0 Å². The van der Waals surface area contributed by atoms with E-state index in [0.717, 1.165) is 12.4 Å². The summed E-state index contributed by atoms with van der Waals surface area (Å²) < 4.78 is 10.7. The van der Waals surface area contributed by atoms with E-state index in [-0.39, 0.29) is 12.1 Å². The number of aliphatic imine (C=N–C) groups is 1. The Morgan fingerprint density at radius 3 is 2.90 bits per heavy atom. The molecule has 0 bridgehead atoms. The molecule has 1 saturated heterocycles. The van der Waals surface area contributed by atoms with E-state index in [9.17, 15) is 4.79 Å². The average molecular weight is 403 g/mol. The van der Waals surface area contributed by atoms with Crippen molar-refractivity contribution in [2.24, 2.45) is 4.99 Å². The highest BCUT2D eigenvalue weighted by Crippen LogP contribution is 2.16. The number of aromatic nitrogens is 3. The van der Waals surface area contributed by atoms with Crippen LogP contribution in [0.5, 0.6) is 0 Å². The number of carbonyl (C=O) groups excluding carboxylic acids is 1. The number of nitrogens with zero attached hydrogens (tertiary/aromatic N) is 4. The minimum atomic E-state index is -0.483. The summed E-state index contributed by atoms with van der Waals surface area (Å²) >= 11 is 0. The molecule has 0 aliphatic carbocycles. The molecule has 1 amide bonds. The van der Waals surface area contributed by atoms with E-state index in [0.29, 0.717) is 43.6 Å². The van der Waals surface area contributed by atoms with Gasteiger partial charge in [0, 0.05) is 32.6 Å². The van der Waals surface area contributed by atoms with Crippen molar-refractivity contribution in [3.05, 3.63) is 24.2 Å². The zero-order valence-electron chi connectivity index (χ0n) is 17.4. The number of rotatable bonds is 6. The molecule has 10 nitrogen and oxygen atoms in total. The van der Waals surface area contributed by atoms with Crippen LogP contribution < -0.4 is 10.6 Å². The zero-order valence-corrected chi connectivity index (χ0v) is 17.4. The number of guanidine groups is 1. The number of aromatic amines is 1. The molecule has 0 spiro atoms. The van der Waals surface area contributed by atoms with Gasteiger partial charge in [0.1, 0.15) is 11.4 Å². The van der Waals surface area contributed by atoms with Gasteiger partial charge in [-0.2, -0.15) is 5.10 Å². The number of hydrogen-bond acceptors (Lipinski definition) is 6. The first-order valence-electron chi connectivity index (χ1n) is 9.82. The van der Waals surface area contributed by atoms with Gasteiger partial charge in [-0.3, -0.25) is 10.1 Å². The maximum Gasteiger partial charge on any atom is 0.410 e. The van der Waals surface area contributed by atoms with E-state index in [2.05, 4.69) is 30.8 Å². The highest BCUT2D eigenvalue weighted by atomic mass is 16.6. The van der Waals surface area contributed by atoms with E-state index in [4.69, 9.17) is 9.15 Å². The Morgan fingerprint density at radius 1 is 1.45 bits per heavy atom. The third-order valence-electron chi connectivity index (χ3n) is 4.11. The highest BCUT2D eigenvalue weighted by molar-refractivity contribution is 5.80. The molecule has 3 N–H and O–H groups in total. The first-order valence-corrected chi connectivity index (χ1v) is 9.82. The fourth-order valence-corrected chi connectivity index (χ4v) is 2.76. The fraction of sp³-hybridized carbons (Fsp3) is 0.579. The van der Waals surface area contributed by atoms with Crippen LogP contribution in [-0.2, 0) is 11.2 Å². The molecule has 0 atom stereocenters.